The molecule has 1 aromatic rings. The highest BCUT2D eigenvalue weighted by Gasteiger charge is 2.35. The third-order valence-corrected chi connectivity index (χ3v) is 4.58. The van der Waals surface area contributed by atoms with E-state index in [1.807, 2.05) is 4.90 Å². The van der Waals surface area contributed by atoms with Gasteiger partial charge >= 0.3 is 0 Å². The van der Waals surface area contributed by atoms with Crippen LogP contribution in [0.4, 0.5) is 5.69 Å². The molecule has 0 saturated carbocycles. The second-order valence-electron chi connectivity index (χ2n) is 5.55. The van der Waals surface area contributed by atoms with Crippen LogP contribution in [0.25, 0.3) is 0 Å². The Kier molecular flexibility index (Phi) is 3.82. The number of hydrogen-bond acceptors (Lipinski definition) is 4. The lowest BCUT2D eigenvalue weighted by Gasteiger charge is -2.37. The quantitative estimate of drug-likeness (QED) is 0.633. The predicted octanol–water partition coefficient (Wildman–Crippen LogP) is 2.05. The topological polar surface area (TPSA) is 66.7 Å². The third-order valence-electron chi connectivity index (χ3n) is 4.21. The molecular formula is C14H16ClN3O3. The van der Waals surface area contributed by atoms with Crippen molar-refractivity contribution < 1.29 is 9.72 Å². The van der Waals surface area contributed by atoms with Crippen LogP contribution in [-0.2, 0) is 11.3 Å². The maximum Gasteiger partial charge on any atom is 0.269 e. The van der Waals surface area contributed by atoms with Crippen molar-refractivity contribution in [3.05, 3.63) is 38.9 Å². The van der Waals surface area contributed by atoms with Crippen LogP contribution in [0.3, 0.4) is 0 Å². The molecule has 1 unspecified atom stereocenters. The first-order valence-corrected chi connectivity index (χ1v) is 7.37. The van der Waals surface area contributed by atoms with E-state index in [-0.39, 0.29) is 17.6 Å². The predicted molar refractivity (Wildman–Crippen MR) is 78.1 cm³/mol. The van der Waals surface area contributed by atoms with Crippen molar-refractivity contribution in [3.63, 3.8) is 0 Å². The number of amides is 1. The molecule has 0 N–H and O–H groups in total. The van der Waals surface area contributed by atoms with Crippen LogP contribution in [0.1, 0.15) is 18.4 Å². The first kappa shape index (κ1) is 14.3. The third kappa shape index (κ3) is 2.87. The molecule has 21 heavy (non-hydrogen) atoms. The summed E-state index contributed by atoms with van der Waals surface area (Å²) in [5.74, 6) is 0.244. The summed E-state index contributed by atoms with van der Waals surface area (Å²) in [7, 11) is 0. The van der Waals surface area contributed by atoms with E-state index in [0.29, 0.717) is 18.0 Å². The van der Waals surface area contributed by atoms with Crippen molar-refractivity contribution >= 4 is 23.2 Å². The van der Waals surface area contributed by atoms with Crippen molar-refractivity contribution in [2.45, 2.75) is 25.4 Å². The molecular weight excluding hydrogens is 294 g/mol. The number of nitro groups is 1. The summed E-state index contributed by atoms with van der Waals surface area (Å²) in [5, 5.41) is 11.4. The largest absolute Gasteiger partial charge is 0.337 e. The molecule has 3 rings (SSSR count). The molecule has 0 radical (unpaired) electrons. The zero-order valence-electron chi connectivity index (χ0n) is 11.5. The van der Waals surface area contributed by atoms with Crippen molar-refractivity contribution in [1.29, 1.82) is 0 Å². The Morgan fingerprint density at radius 2 is 2.19 bits per heavy atom. The number of hydrogen-bond donors (Lipinski definition) is 0. The van der Waals surface area contributed by atoms with Gasteiger partial charge in [-0.25, -0.2) is 0 Å². The molecule has 2 saturated heterocycles. The van der Waals surface area contributed by atoms with Crippen LogP contribution < -0.4 is 0 Å². The van der Waals surface area contributed by atoms with Gasteiger partial charge in [0.15, 0.2) is 0 Å². The number of rotatable bonds is 3. The van der Waals surface area contributed by atoms with Gasteiger partial charge < -0.3 is 4.90 Å². The number of piperazine rings is 1. The van der Waals surface area contributed by atoms with Crippen molar-refractivity contribution in [2.75, 3.05) is 19.6 Å². The fraction of sp³-hybridized carbons (Fsp3) is 0.500. The van der Waals surface area contributed by atoms with Crippen molar-refractivity contribution in [2.24, 2.45) is 0 Å². The summed E-state index contributed by atoms with van der Waals surface area (Å²) in [4.78, 5) is 26.3. The normalized spacial score (nSPS) is 22.4. The van der Waals surface area contributed by atoms with Crippen LogP contribution in [0, 0.1) is 10.1 Å². The van der Waals surface area contributed by atoms with E-state index in [9.17, 15) is 14.9 Å². The Labute approximate surface area is 127 Å². The number of benzene rings is 1. The van der Waals surface area contributed by atoms with E-state index in [4.69, 9.17) is 11.6 Å². The van der Waals surface area contributed by atoms with Gasteiger partial charge in [-0.3, -0.25) is 19.8 Å². The van der Waals surface area contributed by atoms with Gasteiger partial charge in [-0.2, -0.15) is 0 Å². The molecule has 1 amide bonds. The van der Waals surface area contributed by atoms with E-state index in [0.717, 1.165) is 31.6 Å². The Morgan fingerprint density at radius 1 is 1.38 bits per heavy atom. The average Bonchev–Trinajstić information content (AvgIpc) is 2.82. The Morgan fingerprint density at radius 3 is 2.95 bits per heavy atom. The van der Waals surface area contributed by atoms with Crippen LogP contribution in [0.15, 0.2) is 18.2 Å². The summed E-state index contributed by atoms with van der Waals surface area (Å²) < 4.78 is 0. The molecule has 2 aliphatic rings. The van der Waals surface area contributed by atoms with Crippen LogP contribution in [0.2, 0.25) is 5.02 Å². The molecule has 2 aliphatic heterocycles. The highest BCUT2D eigenvalue weighted by atomic mass is 35.5. The molecule has 0 spiro atoms. The van der Waals surface area contributed by atoms with Gasteiger partial charge in [0, 0.05) is 55.8 Å². The fourth-order valence-electron chi connectivity index (χ4n) is 3.11. The van der Waals surface area contributed by atoms with Crippen LogP contribution in [-0.4, -0.2) is 46.3 Å². The molecule has 0 aromatic heterocycles. The monoisotopic (exact) mass is 309 g/mol. The summed E-state index contributed by atoms with van der Waals surface area (Å²) in [6, 6.07) is 4.81. The minimum atomic E-state index is -0.409. The van der Waals surface area contributed by atoms with E-state index in [1.54, 1.807) is 6.07 Å². The van der Waals surface area contributed by atoms with Crippen molar-refractivity contribution in [3.8, 4) is 0 Å². The number of halogens is 1. The maximum atomic E-state index is 11.7. The smallest absolute Gasteiger partial charge is 0.269 e. The minimum absolute atomic E-state index is 0.0593. The number of carbonyl (C=O) groups is 1. The fourth-order valence-corrected chi connectivity index (χ4v) is 3.29. The molecule has 0 bridgehead atoms. The van der Waals surface area contributed by atoms with Gasteiger partial charge in [0.05, 0.1) is 4.92 Å². The van der Waals surface area contributed by atoms with Gasteiger partial charge in [0.2, 0.25) is 5.91 Å². The lowest BCUT2D eigenvalue weighted by molar-refractivity contribution is -0.384. The Bertz CT molecular complexity index is 593. The van der Waals surface area contributed by atoms with E-state index in [2.05, 4.69) is 4.90 Å². The van der Waals surface area contributed by atoms with E-state index in [1.165, 1.54) is 12.1 Å². The Hall–Kier alpha value is -1.66. The number of fused-ring (bicyclic) bond motifs is 1. The number of nitrogens with zero attached hydrogens (tertiary/aromatic N) is 3. The lowest BCUT2D eigenvalue weighted by atomic mass is 10.1. The Balaban J connectivity index is 1.71. The first-order chi connectivity index (χ1) is 10.0. The molecule has 0 aliphatic carbocycles. The van der Waals surface area contributed by atoms with Gasteiger partial charge in [-0.15, -0.1) is 0 Å². The first-order valence-electron chi connectivity index (χ1n) is 6.99. The minimum Gasteiger partial charge on any atom is -0.337 e. The molecule has 2 fully saturated rings. The second-order valence-corrected chi connectivity index (χ2v) is 5.95. The van der Waals surface area contributed by atoms with E-state index >= 15 is 0 Å². The molecule has 1 aromatic carbocycles. The SMILES string of the molecule is O=C1CCC2CN(Cc3cc([N+](=O)[O-])ccc3Cl)CCN12. The second kappa shape index (κ2) is 5.61. The van der Waals surface area contributed by atoms with Crippen LogP contribution >= 0.6 is 11.6 Å². The molecule has 7 heteroatoms. The standard InChI is InChI=1S/C14H16ClN3O3/c15-13-3-1-11(18(20)21)7-10(13)8-16-5-6-17-12(9-16)2-4-14(17)19/h1,3,7,12H,2,4-6,8-9H2. The zero-order chi connectivity index (χ0) is 15.0. The summed E-state index contributed by atoms with van der Waals surface area (Å²) in [5.41, 5.74) is 0.827. The lowest BCUT2D eigenvalue weighted by Crippen LogP contribution is -2.50. The van der Waals surface area contributed by atoms with Gasteiger partial charge in [-0.1, -0.05) is 11.6 Å². The van der Waals surface area contributed by atoms with Gasteiger partial charge in [0.25, 0.3) is 5.69 Å². The average molecular weight is 310 g/mol. The molecule has 6 nitrogen and oxygen atoms in total. The number of carbonyl (C=O) groups excluding carboxylic acids is 1. The van der Waals surface area contributed by atoms with Crippen molar-refractivity contribution in [1.82, 2.24) is 9.80 Å². The number of nitro benzene ring substituents is 1. The highest BCUT2D eigenvalue weighted by Crippen LogP contribution is 2.27. The molecule has 2 heterocycles. The maximum absolute atomic E-state index is 11.7. The summed E-state index contributed by atoms with van der Waals surface area (Å²) in [6.45, 7) is 2.90. The van der Waals surface area contributed by atoms with Gasteiger partial charge in [0.1, 0.15) is 0 Å². The van der Waals surface area contributed by atoms with Gasteiger partial charge in [-0.05, 0) is 18.1 Å². The highest BCUT2D eigenvalue weighted by molar-refractivity contribution is 6.31. The van der Waals surface area contributed by atoms with E-state index < -0.39 is 4.92 Å². The molecule has 112 valence electrons. The summed E-state index contributed by atoms with van der Waals surface area (Å²) >= 11 is 6.14. The van der Waals surface area contributed by atoms with Crippen LogP contribution in [0.5, 0.6) is 0 Å². The number of non-ortho nitro benzene ring substituents is 1. The molecule has 1 atom stereocenters. The zero-order valence-corrected chi connectivity index (χ0v) is 12.3. The summed E-state index contributed by atoms with van der Waals surface area (Å²) in [6.07, 6.45) is 1.54.